The van der Waals surface area contributed by atoms with Gasteiger partial charge in [0.05, 0.1) is 0 Å². The molecule has 0 fully saturated rings. The largest absolute Gasteiger partial charge is 0.0885 e. The van der Waals surface area contributed by atoms with E-state index in [4.69, 9.17) is 0 Å². The van der Waals surface area contributed by atoms with E-state index in [2.05, 4.69) is 45.9 Å². The Morgan fingerprint density at radius 3 is 2.50 bits per heavy atom. The molecule has 12 heavy (non-hydrogen) atoms. The zero-order valence-electron chi connectivity index (χ0n) is 8.93. The number of allylic oxidation sites excluding steroid dienone is 4. The van der Waals surface area contributed by atoms with E-state index in [0.717, 1.165) is 12.3 Å². The first-order valence-electron chi connectivity index (χ1n) is 4.96. The van der Waals surface area contributed by atoms with Gasteiger partial charge in [-0.2, -0.15) is 0 Å². The second-order valence-electron chi connectivity index (χ2n) is 3.67. The Kier molecular flexibility index (Phi) is 6.84. The molecule has 0 heterocycles. The van der Waals surface area contributed by atoms with E-state index in [-0.39, 0.29) is 0 Å². The lowest BCUT2D eigenvalue weighted by atomic mass is 10.0. The molecule has 0 heteroatoms. The van der Waals surface area contributed by atoms with Gasteiger partial charge < -0.3 is 0 Å². The van der Waals surface area contributed by atoms with Crippen molar-refractivity contribution in [3.63, 3.8) is 0 Å². The Morgan fingerprint density at radius 2 is 2.00 bits per heavy atom. The summed E-state index contributed by atoms with van der Waals surface area (Å²) in [5.74, 6) is 0.737. The predicted octanol–water partition coefficient (Wildman–Crippen LogP) is 4.34. The Balaban J connectivity index is 3.50. The van der Waals surface area contributed by atoms with E-state index in [1.165, 1.54) is 18.4 Å². The molecule has 1 unspecified atom stereocenters. The molecule has 0 saturated heterocycles. The highest BCUT2D eigenvalue weighted by Crippen LogP contribution is 2.09. The molecule has 0 radical (unpaired) electrons. The van der Waals surface area contributed by atoms with Crippen molar-refractivity contribution in [1.82, 2.24) is 0 Å². The maximum absolute atomic E-state index is 2.32. The fourth-order valence-corrected chi connectivity index (χ4v) is 1.10. The quantitative estimate of drug-likeness (QED) is 0.533. The molecule has 0 aliphatic rings. The molecule has 0 saturated carbocycles. The Bertz CT molecular complexity index is 147. The average Bonchev–Trinajstić information content (AvgIpc) is 2.00. The molecule has 0 N–H and O–H groups in total. The lowest BCUT2D eigenvalue weighted by Crippen LogP contribution is -1.87. The maximum atomic E-state index is 2.32. The zero-order valence-corrected chi connectivity index (χ0v) is 8.93. The lowest BCUT2D eigenvalue weighted by molar-refractivity contribution is 0.654. The highest BCUT2D eigenvalue weighted by atomic mass is 14.0. The van der Waals surface area contributed by atoms with Crippen LogP contribution >= 0.6 is 0 Å². The third kappa shape index (κ3) is 7.59. The first-order chi connectivity index (χ1) is 5.66. The van der Waals surface area contributed by atoms with Crippen molar-refractivity contribution in [2.75, 3.05) is 0 Å². The van der Waals surface area contributed by atoms with Gasteiger partial charge in [0.2, 0.25) is 0 Å². The van der Waals surface area contributed by atoms with E-state index in [1.807, 2.05) is 0 Å². The normalized spacial score (nSPS) is 13.3. The molecule has 70 valence electrons. The van der Waals surface area contributed by atoms with Crippen LogP contribution in [0.5, 0.6) is 0 Å². The van der Waals surface area contributed by atoms with Crippen LogP contribution in [-0.2, 0) is 0 Å². The minimum atomic E-state index is 0.737. The van der Waals surface area contributed by atoms with Crippen LogP contribution in [0.25, 0.3) is 0 Å². The summed E-state index contributed by atoms with van der Waals surface area (Å²) in [6.45, 7) is 8.78. The summed E-state index contributed by atoms with van der Waals surface area (Å²) in [4.78, 5) is 0. The minimum absolute atomic E-state index is 0.737. The van der Waals surface area contributed by atoms with Crippen LogP contribution < -0.4 is 0 Å². The molecule has 0 aromatic rings. The van der Waals surface area contributed by atoms with Gasteiger partial charge in [0, 0.05) is 0 Å². The van der Waals surface area contributed by atoms with E-state index < -0.39 is 0 Å². The van der Waals surface area contributed by atoms with Crippen molar-refractivity contribution >= 4 is 0 Å². The van der Waals surface area contributed by atoms with Crippen LogP contribution in [0.2, 0.25) is 0 Å². The predicted molar refractivity (Wildman–Crippen MR) is 57.3 cm³/mol. The van der Waals surface area contributed by atoms with Gasteiger partial charge >= 0.3 is 0 Å². The number of hydrogen-bond acceptors (Lipinski definition) is 0. The maximum Gasteiger partial charge on any atom is -0.0259 e. The minimum Gasteiger partial charge on any atom is -0.0885 e. The SMILES string of the molecule is CCC=CC(C)CCC=C(C)C. The monoisotopic (exact) mass is 166 g/mol. The summed E-state index contributed by atoms with van der Waals surface area (Å²) in [7, 11) is 0. The Labute approximate surface area is 77.4 Å². The van der Waals surface area contributed by atoms with Gasteiger partial charge in [-0.05, 0) is 39.0 Å². The topological polar surface area (TPSA) is 0 Å². The van der Waals surface area contributed by atoms with Gasteiger partial charge in [-0.15, -0.1) is 0 Å². The van der Waals surface area contributed by atoms with Crippen LogP contribution in [0.4, 0.5) is 0 Å². The van der Waals surface area contributed by atoms with Crippen LogP contribution in [0, 0.1) is 5.92 Å². The first kappa shape index (κ1) is 11.5. The highest BCUT2D eigenvalue weighted by molar-refractivity contribution is 4.94. The summed E-state index contributed by atoms with van der Waals surface area (Å²) in [5, 5.41) is 0. The third-order valence-electron chi connectivity index (χ3n) is 1.87. The molecular formula is C12H22. The van der Waals surface area contributed by atoms with Crippen LogP contribution in [-0.4, -0.2) is 0 Å². The van der Waals surface area contributed by atoms with Crippen molar-refractivity contribution in [2.45, 2.75) is 47.0 Å². The molecule has 0 aliphatic heterocycles. The summed E-state index contributed by atoms with van der Waals surface area (Å²) in [6.07, 6.45) is 10.6. The average molecular weight is 166 g/mol. The molecule has 0 aromatic carbocycles. The van der Waals surface area contributed by atoms with Crippen molar-refractivity contribution < 1.29 is 0 Å². The standard InChI is InChI=1S/C12H22/c1-5-6-9-12(4)10-7-8-11(2)3/h6,8-9,12H,5,7,10H2,1-4H3. The van der Waals surface area contributed by atoms with E-state index in [1.54, 1.807) is 0 Å². The third-order valence-corrected chi connectivity index (χ3v) is 1.87. The summed E-state index contributed by atoms with van der Waals surface area (Å²) >= 11 is 0. The second-order valence-corrected chi connectivity index (χ2v) is 3.67. The van der Waals surface area contributed by atoms with Gasteiger partial charge in [0.1, 0.15) is 0 Å². The van der Waals surface area contributed by atoms with Gasteiger partial charge in [-0.25, -0.2) is 0 Å². The molecule has 0 aromatic heterocycles. The van der Waals surface area contributed by atoms with E-state index in [0.29, 0.717) is 0 Å². The summed E-state index contributed by atoms with van der Waals surface area (Å²) in [6, 6.07) is 0. The summed E-state index contributed by atoms with van der Waals surface area (Å²) < 4.78 is 0. The zero-order chi connectivity index (χ0) is 9.40. The number of rotatable bonds is 5. The molecule has 0 amide bonds. The Hall–Kier alpha value is -0.520. The van der Waals surface area contributed by atoms with Crippen LogP contribution in [0.3, 0.4) is 0 Å². The molecule has 0 spiro atoms. The molecule has 1 atom stereocenters. The van der Waals surface area contributed by atoms with Gasteiger partial charge in [0.25, 0.3) is 0 Å². The van der Waals surface area contributed by atoms with Crippen LogP contribution in [0.1, 0.15) is 47.0 Å². The first-order valence-corrected chi connectivity index (χ1v) is 4.96. The lowest BCUT2D eigenvalue weighted by Gasteiger charge is -2.02. The molecular weight excluding hydrogens is 144 g/mol. The summed E-state index contributed by atoms with van der Waals surface area (Å²) in [5.41, 5.74) is 1.43. The van der Waals surface area contributed by atoms with Gasteiger partial charge in [-0.1, -0.05) is 37.6 Å². The molecule has 0 bridgehead atoms. The van der Waals surface area contributed by atoms with Crippen molar-refractivity contribution in [2.24, 2.45) is 5.92 Å². The van der Waals surface area contributed by atoms with Crippen LogP contribution in [0.15, 0.2) is 23.8 Å². The Morgan fingerprint density at radius 1 is 1.33 bits per heavy atom. The van der Waals surface area contributed by atoms with E-state index in [9.17, 15) is 0 Å². The number of hydrogen-bond donors (Lipinski definition) is 0. The van der Waals surface area contributed by atoms with Crippen molar-refractivity contribution in [3.8, 4) is 0 Å². The fourth-order valence-electron chi connectivity index (χ4n) is 1.10. The smallest absolute Gasteiger partial charge is 0.0259 e. The van der Waals surface area contributed by atoms with Crippen molar-refractivity contribution in [1.29, 1.82) is 0 Å². The molecule has 0 nitrogen and oxygen atoms in total. The van der Waals surface area contributed by atoms with Gasteiger partial charge in [-0.3, -0.25) is 0 Å². The molecule has 0 aliphatic carbocycles. The van der Waals surface area contributed by atoms with E-state index >= 15 is 0 Å². The fraction of sp³-hybridized carbons (Fsp3) is 0.667. The highest BCUT2D eigenvalue weighted by Gasteiger charge is 1.93. The van der Waals surface area contributed by atoms with Gasteiger partial charge in [0.15, 0.2) is 0 Å². The second kappa shape index (κ2) is 7.15. The molecule has 0 rings (SSSR count). The van der Waals surface area contributed by atoms with Crippen molar-refractivity contribution in [3.05, 3.63) is 23.8 Å².